The van der Waals surface area contributed by atoms with Gasteiger partial charge < -0.3 is 4.90 Å². The molecule has 0 radical (unpaired) electrons. The summed E-state index contributed by atoms with van der Waals surface area (Å²) >= 11 is 0. The third-order valence-corrected chi connectivity index (χ3v) is 6.53. The second-order valence-corrected chi connectivity index (χ2v) is 8.62. The number of hydrogen-bond donors (Lipinski definition) is 0. The predicted octanol–water partition coefficient (Wildman–Crippen LogP) is 2.14. The van der Waals surface area contributed by atoms with E-state index in [9.17, 15) is 14.0 Å². The molecule has 6 nitrogen and oxygen atoms in total. The van der Waals surface area contributed by atoms with Crippen LogP contribution in [-0.4, -0.2) is 44.4 Å². The van der Waals surface area contributed by atoms with E-state index >= 15 is 0 Å². The second kappa shape index (κ2) is 6.29. The van der Waals surface area contributed by atoms with Crippen molar-refractivity contribution in [3.8, 4) is 0 Å². The molecule has 2 aliphatic heterocycles. The van der Waals surface area contributed by atoms with Gasteiger partial charge in [0.15, 0.2) is 0 Å². The average molecular weight is 384 g/mol. The van der Waals surface area contributed by atoms with Gasteiger partial charge in [0.25, 0.3) is 0 Å². The van der Waals surface area contributed by atoms with Crippen LogP contribution in [0.4, 0.5) is 4.39 Å². The molecule has 2 aromatic rings. The first kappa shape index (κ1) is 17.6. The zero-order valence-electron chi connectivity index (χ0n) is 16.1. The van der Waals surface area contributed by atoms with Gasteiger partial charge in [0.05, 0.1) is 19.6 Å². The maximum absolute atomic E-state index is 13.2. The van der Waals surface area contributed by atoms with Gasteiger partial charge in [-0.1, -0.05) is 29.8 Å². The lowest BCUT2D eigenvalue weighted by Gasteiger charge is -2.37. The summed E-state index contributed by atoms with van der Waals surface area (Å²) in [6.07, 6.45) is 3.29. The van der Waals surface area contributed by atoms with Crippen molar-refractivity contribution in [1.29, 1.82) is 0 Å². The van der Waals surface area contributed by atoms with Crippen molar-refractivity contribution in [2.75, 3.05) is 13.1 Å². The molecule has 0 N–H and O–H groups in total. The Balaban J connectivity index is 1.43. The zero-order valence-corrected chi connectivity index (χ0v) is 16.1. The minimum atomic E-state index is -0.935. The molecule has 1 saturated heterocycles. The van der Waals surface area contributed by atoms with Gasteiger partial charge in [0, 0.05) is 11.8 Å². The van der Waals surface area contributed by atoms with Gasteiger partial charge in [-0.25, -0.2) is 13.9 Å². The molecule has 1 aromatic heterocycles. The number of halogens is 1. The lowest BCUT2D eigenvalue weighted by atomic mass is 9.95. The second-order valence-electron chi connectivity index (χ2n) is 8.62. The van der Waals surface area contributed by atoms with E-state index in [1.807, 2.05) is 0 Å². The van der Waals surface area contributed by atoms with Crippen molar-refractivity contribution >= 4 is 5.91 Å². The van der Waals surface area contributed by atoms with Crippen LogP contribution >= 0.6 is 0 Å². The number of amides is 1. The minimum Gasteiger partial charge on any atom is -0.335 e. The Labute approximate surface area is 163 Å². The summed E-state index contributed by atoms with van der Waals surface area (Å²) in [5, 5.41) is 4.59. The summed E-state index contributed by atoms with van der Waals surface area (Å²) in [4.78, 5) is 27.4. The van der Waals surface area contributed by atoms with Crippen molar-refractivity contribution in [3.05, 3.63) is 51.7 Å². The summed E-state index contributed by atoms with van der Waals surface area (Å²) in [7, 11) is 0. The van der Waals surface area contributed by atoms with Crippen LogP contribution < -0.4 is 5.69 Å². The number of benzene rings is 1. The van der Waals surface area contributed by atoms with E-state index in [-0.39, 0.29) is 30.1 Å². The van der Waals surface area contributed by atoms with Gasteiger partial charge in [0.2, 0.25) is 5.91 Å². The first-order chi connectivity index (χ1) is 13.5. The third-order valence-electron chi connectivity index (χ3n) is 6.53. The first-order valence-corrected chi connectivity index (χ1v) is 10.2. The number of fused-ring (bicyclic) bond motifs is 1. The van der Waals surface area contributed by atoms with Gasteiger partial charge in [-0.05, 0) is 38.2 Å². The van der Waals surface area contributed by atoms with Crippen LogP contribution in [0, 0.1) is 6.92 Å². The highest BCUT2D eigenvalue weighted by atomic mass is 19.1. The van der Waals surface area contributed by atoms with Gasteiger partial charge >= 0.3 is 5.69 Å². The quantitative estimate of drug-likeness (QED) is 0.812. The van der Waals surface area contributed by atoms with E-state index in [0.29, 0.717) is 25.2 Å². The molecule has 1 saturated carbocycles. The Hall–Kier alpha value is -2.44. The maximum Gasteiger partial charge on any atom is 0.346 e. The van der Waals surface area contributed by atoms with Crippen molar-refractivity contribution in [1.82, 2.24) is 19.2 Å². The van der Waals surface area contributed by atoms with E-state index in [2.05, 4.69) is 36.3 Å². The van der Waals surface area contributed by atoms with Crippen molar-refractivity contribution in [2.45, 2.75) is 63.2 Å². The number of aromatic nitrogens is 3. The van der Waals surface area contributed by atoms with Crippen LogP contribution in [0.25, 0.3) is 0 Å². The molecular formula is C21H25FN4O2. The standard InChI is InChI=1S/C21H25FN4O2/c1-14-5-7-15(8-6-14)21(9-10-21)13-25-20(28)26-17(3-2-4-18(26)23-25)19(27)24-11-16(22)12-24/h5-8,16-17H,2-4,9-13H2,1H3/t17-/m0/s1. The van der Waals surface area contributed by atoms with Gasteiger partial charge in [-0.2, -0.15) is 5.10 Å². The maximum atomic E-state index is 13.2. The van der Waals surface area contributed by atoms with E-state index in [0.717, 1.165) is 19.3 Å². The molecule has 7 heteroatoms. The Morgan fingerprint density at radius 3 is 2.61 bits per heavy atom. The number of carbonyl (C=O) groups is 1. The molecular weight excluding hydrogens is 359 g/mol. The average Bonchev–Trinajstić information content (AvgIpc) is 3.38. The van der Waals surface area contributed by atoms with E-state index in [4.69, 9.17) is 0 Å². The molecule has 1 aliphatic carbocycles. The molecule has 0 spiro atoms. The molecule has 28 heavy (non-hydrogen) atoms. The van der Waals surface area contributed by atoms with Crippen LogP contribution in [-0.2, 0) is 23.2 Å². The number of alkyl halides is 1. The number of rotatable bonds is 4. The fourth-order valence-corrected chi connectivity index (χ4v) is 4.57. The van der Waals surface area contributed by atoms with Crippen LogP contribution in [0.3, 0.4) is 0 Å². The molecule has 5 rings (SSSR count). The van der Waals surface area contributed by atoms with Crippen LogP contribution in [0.2, 0.25) is 0 Å². The van der Waals surface area contributed by atoms with Gasteiger partial charge in [-0.3, -0.25) is 9.36 Å². The number of nitrogens with zero attached hydrogens (tertiary/aromatic N) is 4. The summed E-state index contributed by atoms with van der Waals surface area (Å²) in [5.74, 6) is 0.544. The van der Waals surface area contributed by atoms with E-state index < -0.39 is 12.2 Å². The predicted molar refractivity (Wildman–Crippen MR) is 102 cm³/mol. The largest absolute Gasteiger partial charge is 0.346 e. The Bertz CT molecular complexity index is 967. The van der Waals surface area contributed by atoms with Crippen LogP contribution in [0.5, 0.6) is 0 Å². The first-order valence-electron chi connectivity index (χ1n) is 10.2. The highest BCUT2D eigenvalue weighted by Crippen LogP contribution is 2.49. The summed E-state index contributed by atoms with van der Waals surface area (Å²) < 4.78 is 16.3. The van der Waals surface area contributed by atoms with Crippen molar-refractivity contribution < 1.29 is 9.18 Å². The molecule has 1 aromatic carbocycles. The Kier molecular flexibility index (Phi) is 3.96. The Morgan fingerprint density at radius 1 is 1.25 bits per heavy atom. The summed E-state index contributed by atoms with van der Waals surface area (Å²) in [6, 6.07) is 7.97. The number of likely N-dealkylation sites (tertiary alicyclic amines) is 1. The van der Waals surface area contributed by atoms with Gasteiger partial charge in [-0.15, -0.1) is 0 Å². The van der Waals surface area contributed by atoms with Crippen LogP contribution in [0.1, 0.15) is 48.7 Å². The summed E-state index contributed by atoms with van der Waals surface area (Å²) in [6.45, 7) is 2.90. The monoisotopic (exact) mass is 384 g/mol. The number of carbonyl (C=O) groups excluding carboxylic acids is 1. The fourth-order valence-electron chi connectivity index (χ4n) is 4.57. The SMILES string of the molecule is Cc1ccc(C2(Cn3nc4n(c3=O)[C@H](C(=O)N3CC(F)C3)CCC4)CC2)cc1. The normalized spacial score (nSPS) is 23.2. The lowest BCUT2D eigenvalue weighted by molar-refractivity contribution is -0.142. The topological polar surface area (TPSA) is 60.1 Å². The molecule has 3 heterocycles. The minimum absolute atomic E-state index is 0.0273. The van der Waals surface area contributed by atoms with Crippen molar-refractivity contribution in [2.24, 2.45) is 0 Å². The third kappa shape index (κ3) is 2.79. The number of aryl methyl sites for hydroxylation is 2. The molecule has 3 aliphatic rings. The molecule has 148 valence electrons. The van der Waals surface area contributed by atoms with Gasteiger partial charge in [0.1, 0.15) is 18.0 Å². The highest BCUT2D eigenvalue weighted by molar-refractivity contribution is 5.81. The van der Waals surface area contributed by atoms with Crippen LogP contribution in [0.15, 0.2) is 29.1 Å². The molecule has 1 atom stereocenters. The summed E-state index contributed by atoms with van der Waals surface area (Å²) in [5.41, 5.74) is 2.24. The van der Waals surface area contributed by atoms with E-state index in [1.165, 1.54) is 16.0 Å². The van der Waals surface area contributed by atoms with Crippen molar-refractivity contribution in [3.63, 3.8) is 0 Å². The smallest absolute Gasteiger partial charge is 0.335 e. The molecule has 0 unspecified atom stereocenters. The molecule has 1 amide bonds. The molecule has 2 fully saturated rings. The Morgan fingerprint density at radius 2 is 1.96 bits per heavy atom. The lowest BCUT2D eigenvalue weighted by Crippen LogP contribution is -2.54. The molecule has 0 bridgehead atoms. The zero-order chi connectivity index (χ0) is 19.5. The van der Waals surface area contributed by atoms with E-state index in [1.54, 1.807) is 9.25 Å². The highest BCUT2D eigenvalue weighted by Gasteiger charge is 2.46. The number of hydrogen-bond acceptors (Lipinski definition) is 3. The fraction of sp³-hybridized carbons (Fsp3) is 0.571.